The molecule has 144 valence electrons. The number of methoxy groups -OCH3 is 1. The Morgan fingerprint density at radius 1 is 1.07 bits per heavy atom. The largest absolute Gasteiger partial charge is 0.497 e. The van der Waals surface area contributed by atoms with E-state index in [2.05, 4.69) is 5.32 Å². The van der Waals surface area contributed by atoms with Crippen LogP contribution in [0.3, 0.4) is 0 Å². The molecule has 0 aliphatic carbocycles. The average Bonchev–Trinajstić information content (AvgIpc) is 3.27. The summed E-state index contributed by atoms with van der Waals surface area (Å²) in [6.45, 7) is 0.411. The maximum atomic E-state index is 13.2. The van der Waals surface area contributed by atoms with Gasteiger partial charge in [-0.15, -0.1) is 11.3 Å². The molecule has 1 atom stereocenters. The normalized spacial score (nSPS) is 11.5. The lowest BCUT2D eigenvalue weighted by molar-refractivity contribution is -0.132. The first kappa shape index (κ1) is 19.6. The van der Waals surface area contributed by atoms with Crippen molar-refractivity contribution in [2.45, 2.75) is 12.6 Å². The van der Waals surface area contributed by atoms with E-state index in [9.17, 15) is 9.59 Å². The monoisotopic (exact) mass is 394 g/mol. The third-order valence-corrected chi connectivity index (χ3v) is 5.20. The van der Waals surface area contributed by atoms with Crippen molar-refractivity contribution in [3.63, 3.8) is 0 Å². The molecule has 0 radical (unpaired) electrons. The van der Waals surface area contributed by atoms with Crippen LogP contribution in [0.2, 0.25) is 0 Å². The zero-order valence-corrected chi connectivity index (χ0v) is 16.6. The Bertz CT molecular complexity index is 926. The molecular formula is C22H22N2O3S. The molecule has 0 fully saturated rings. The highest BCUT2D eigenvalue weighted by molar-refractivity contribution is 7.12. The highest BCUT2D eigenvalue weighted by Crippen LogP contribution is 2.20. The SMILES string of the molecule is COc1cccc(CN(C)C(=O)C(NC(=O)c2cccs2)c2ccccc2)c1. The van der Waals surface area contributed by atoms with Gasteiger partial charge in [0.1, 0.15) is 11.8 Å². The second kappa shape index (κ2) is 9.19. The molecule has 2 aromatic carbocycles. The molecular weight excluding hydrogens is 372 g/mol. The number of hydrogen-bond donors (Lipinski definition) is 1. The van der Waals surface area contributed by atoms with E-state index in [4.69, 9.17) is 4.74 Å². The van der Waals surface area contributed by atoms with E-state index in [0.717, 1.165) is 16.9 Å². The van der Waals surface area contributed by atoms with Gasteiger partial charge in [0.25, 0.3) is 5.91 Å². The van der Waals surface area contributed by atoms with Crippen molar-refractivity contribution < 1.29 is 14.3 Å². The lowest BCUT2D eigenvalue weighted by Gasteiger charge is -2.25. The number of hydrogen-bond acceptors (Lipinski definition) is 4. The summed E-state index contributed by atoms with van der Waals surface area (Å²) in [7, 11) is 3.34. The van der Waals surface area contributed by atoms with Crippen molar-refractivity contribution in [2.75, 3.05) is 14.2 Å². The van der Waals surface area contributed by atoms with E-state index in [-0.39, 0.29) is 11.8 Å². The van der Waals surface area contributed by atoms with Crippen LogP contribution in [0.25, 0.3) is 0 Å². The minimum absolute atomic E-state index is 0.182. The van der Waals surface area contributed by atoms with Crippen molar-refractivity contribution in [3.05, 3.63) is 88.1 Å². The Labute approximate surface area is 168 Å². The maximum Gasteiger partial charge on any atom is 0.262 e. The summed E-state index contributed by atoms with van der Waals surface area (Å²) < 4.78 is 5.25. The second-order valence-corrected chi connectivity index (χ2v) is 7.29. The molecule has 0 saturated carbocycles. The van der Waals surface area contributed by atoms with Gasteiger partial charge in [0, 0.05) is 13.6 Å². The van der Waals surface area contributed by atoms with Crippen LogP contribution in [0, 0.1) is 0 Å². The molecule has 5 nitrogen and oxygen atoms in total. The van der Waals surface area contributed by atoms with Crippen molar-refractivity contribution in [1.82, 2.24) is 10.2 Å². The molecule has 3 aromatic rings. The molecule has 0 aliphatic heterocycles. The zero-order valence-electron chi connectivity index (χ0n) is 15.8. The maximum absolute atomic E-state index is 13.2. The predicted molar refractivity (Wildman–Crippen MR) is 110 cm³/mol. The summed E-state index contributed by atoms with van der Waals surface area (Å²) in [6, 6.07) is 19.7. The van der Waals surface area contributed by atoms with Gasteiger partial charge < -0.3 is 15.0 Å². The molecule has 0 spiro atoms. The molecule has 28 heavy (non-hydrogen) atoms. The van der Waals surface area contributed by atoms with Gasteiger partial charge in [0.15, 0.2) is 0 Å². The molecule has 6 heteroatoms. The third kappa shape index (κ3) is 4.78. The van der Waals surface area contributed by atoms with Crippen LogP contribution in [0.1, 0.15) is 26.8 Å². The van der Waals surface area contributed by atoms with Gasteiger partial charge in [-0.1, -0.05) is 48.5 Å². The van der Waals surface area contributed by atoms with Gasteiger partial charge >= 0.3 is 0 Å². The van der Waals surface area contributed by atoms with Gasteiger partial charge in [0.05, 0.1) is 12.0 Å². The summed E-state index contributed by atoms with van der Waals surface area (Å²) in [4.78, 5) is 27.9. The molecule has 1 heterocycles. The Kier molecular flexibility index (Phi) is 6.45. The number of thiophene rings is 1. The third-order valence-electron chi connectivity index (χ3n) is 4.33. The second-order valence-electron chi connectivity index (χ2n) is 6.34. The minimum Gasteiger partial charge on any atom is -0.497 e. The number of ether oxygens (including phenoxy) is 1. The zero-order chi connectivity index (χ0) is 19.9. The van der Waals surface area contributed by atoms with E-state index in [1.165, 1.54) is 11.3 Å². The first-order valence-electron chi connectivity index (χ1n) is 8.85. The molecule has 1 aromatic heterocycles. The van der Waals surface area contributed by atoms with Crippen molar-refractivity contribution in [2.24, 2.45) is 0 Å². The lowest BCUT2D eigenvalue weighted by Crippen LogP contribution is -2.40. The lowest BCUT2D eigenvalue weighted by atomic mass is 10.0. The van der Waals surface area contributed by atoms with Crippen LogP contribution in [0.5, 0.6) is 5.75 Å². The number of benzene rings is 2. The highest BCUT2D eigenvalue weighted by atomic mass is 32.1. The fraction of sp³-hybridized carbons (Fsp3) is 0.182. The summed E-state index contributed by atoms with van der Waals surface area (Å²) in [6.07, 6.45) is 0. The number of amides is 2. The fourth-order valence-electron chi connectivity index (χ4n) is 2.89. The van der Waals surface area contributed by atoms with E-state index in [1.807, 2.05) is 66.0 Å². The van der Waals surface area contributed by atoms with Gasteiger partial charge in [-0.25, -0.2) is 0 Å². The smallest absolute Gasteiger partial charge is 0.262 e. The standard InChI is InChI=1S/C22H22N2O3S/c1-24(15-16-8-6-11-18(14-16)27-2)22(26)20(17-9-4-3-5-10-17)23-21(25)19-12-7-13-28-19/h3-14,20H,15H2,1-2H3,(H,23,25). The number of nitrogens with zero attached hydrogens (tertiary/aromatic N) is 1. The van der Waals surface area contributed by atoms with Gasteiger partial charge in [-0.05, 0) is 34.7 Å². The first-order chi connectivity index (χ1) is 13.6. The van der Waals surface area contributed by atoms with Crippen LogP contribution in [0.4, 0.5) is 0 Å². The van der Waals surface area contributed by atoms with Crippen LogP contribution in [-0.2, 0) is 11.3 Å². The van der Waals surface area contributed by atoms with Crippen LogP contribution < -0.4 is 10.1 Å². The van der Waals surface area contributed by atoms with Gasteiger partial charge in [0.2, 0.25) is 5.91 Å². The Morgan fingerprint density at radius 2 is 1.86 bits per heavy atom. The van der Waals surface area contributed by atoms with Crippen LogP contribution in [-0.4, -0.2) is 30.9 Å². The first-order valence-corrected chi connectivity index (χ1v) is 9.73. The number of nitrogens with one attached hydrogen (secondary N) is 1. The van der Waals surface area contributed by atoms with Gasteiger partial charge in [-0.3, -0.25) is 9.59 Å². The highest BCUT2D eigenvalue weighted by Gasteiger charge is 2.26. The van der Waals surface area contributed by atoms with E-state index in [1.54, 1.807) is 25.1 Å². The van der Waals surface area contributed by atoms with Gasteiger partial charge in [-0.2, -0.15) is 0 Å². The van der Waals surface area contributed by atoms with Crippen molar-refractivity contribution >= 4 is 23.2 Å². The molecule has 1 unspecified atom stereocenters. The number of carbonyl (C=O) groups is 2. The number of carbonyl (C=O) groups excluding carboxylic acids is 2. The topological polar surface area (TPSA) is 58.6 Å². The van der Waals surface area contributed by atoms with Crippen LogP contribution in [0.15, 0.2) is 72.1 Å². The Hall–Kier alpha value is -3.12. The molecule has 1 N–H and O–H groups in total. The summed E-state index contributed by atoms with van der Waals surface area (Å²) in [5.41, 5.74) is 1.70. The Balaban J connectivity index is 1.80. The number of likely N-dealkylation sites (N-methyl/N-ethyl adjacent to an activating group) is 1. The molecule has 2 amide bonds. The molecule has 3 rings (SSSR count). The molecule has 0 bridgehead atoms. The van der Waals surface area contributed by atoms with E-state index >= 15 is 0 Å². The number of rotatable bonds is 7. The molecule has 0 aliphatic rings. The average molecular weight is 394 g/mol. The quantitative estimate of drug-likeness (QED) is 0.661. The van der Waals surface area contributed by atoms with Crippen LogP contribution >= 0.6 is 11.3 Å². The van der Waals surface area contributed by atoms with E-state index in [0.29, 0.717) is 11.4 Å². The summed E-state index contributed by atoms with van der Waals surface area (Å²) in [5.74, 6) is 0.301. The minimum atomic E-state index is -0.758. The van der Waals surface area contributed by atoms with Crippen molar-refractivity contribution in [1.29, 1.82) is 0 Å². The summed E-state index contributed by atoms with van der Waals surface area (Å²) in [5, 5.41) is 4.72. The van der Waals surface area contributed by atoms with Crippen molar-refractivity contribution in [3.8, 4) is 5.75 Å². The molecule has 0 saturated heterocycles. The predicted octanol–water partition coefficient (Wildman–Crippen LogP) is 3.89. The Morgan fingerprint density at radius 3 is 2.54 bits per heavy atom. The summed E-state index contributed by atoms with van der Waals surface area (Å²) >= 11 is 1.34. The van der Waals surface area contributed by atoms with E-state index < -0.39 is 6.04 Å². The fourth-order valence-corrected chi connectivity index (χ4v) is 3.51.